The quantitative estimate of drug-likeness (QED) is 0.159. The first-order chi connectivity index (χ1) is 34.5. The Kier molecular flexibility index (Phi) is 7.98. The van der Waals surface area contributed by atoms with Gasteiger partial charge in [0.1, 0.15) is 33.5 Å². The van der Waals surface area contributed by atoms with Crippen LogP contribution in [-0.4, -0.2) is 0 Å². The molecule has 4 heterocycles. The van der Waals surface area contributed by atoms with Crippen molar-refractivity contribution >= 4 is 150 Å². The fourth-order valence-electron chi connectivity index (χ4n) is 11.1. The van der Waals surface area contributed by atoms with E-state index in [0.29, 0.717) is 0 Å². The summed E-state index contributed by atoms with van der Waals surface area (Å²) in [6, 6.07) is 71.6. The van der Waals surface area contributed by atoms with Gasteiger partial charge >= 0.3 is 0 Å². The molecule has 11 aromatic carbocycles. The standard InChI is InChI=1S/C64H38N2O4/c1-37-25-30-50-52(66(41-28-32-47-43-13-3-7-21-55(43)68-60(47)36-41)54-20-12-18-49-45-15-5-10-24-58(45)70-64(49)54)33-27-39-26-31-42(61(37)62(39)50)38(2)65(40-29-34-59-51(35-40)46-16-6-8-22-56(46)67-59)53-19-11-17-48-44-14-4-9-23-57(44)69-63(48)53/h3-36H,1-2H2. The first kappa shape index (κ1) is 38.6. The van der Waals surface area contributed by atoms with Crippen molar-refractivity contribution in [2.24, 2.45) is 0 Å². The second-order valence-electron chi connectivity index (χ2n) is 18.1. The fourth-order valence-corrected chi connectivity index (χ4v) is 11.1. The number of fused-ring (bicyclic) bond motifs is 12. The number of anilines is 5. The fraction of sp³-hybridized carbons (Fsp3) is 0. The monoisotopic (exact) mass is 898 g/mol. The van der Waals surface area contributed by atoms with E-state index in [9.17, 15) is 0 Å². The average molecular weight is 899 g/mol. The molecule has 15 aromatic rings. The van der Waals surface area contributed by atoms with Gasteiger partial charge in [0.15, 0.2) is 11.2 Å². The summed E-state index contributed by atoms with van der Waals surface area (Å²) in [6.07, 6.45) is 0. The molecule has 0 fully saturated rings. The van der Waals surface area contributed by atoms with Gasteiger partial charge in [-0.2, -0.15) is 0 Å². The maximum Gasteiger partial charge on any atom is 0.159 e. The highest BCUT2D eigenvalue weighted by Crippen LogP contribution is 2.49. The lowest BCUT2D eigenvalue weighted by Gasteiger charge is -2.30. The molecule has 0 unspecified atom stereocenters. The summed E-state index contributed by atoms with van der Waals surface area (Å²) in [4.78, 5) is 4.55. The van der Waals surface area contributed by atoms with E-state index in [-0.39, 0.29) is 0 Å². The summed E-state index contributed by atoms with van der Waals surface area (Å²) in [5.41, 5.74) is 12.9. The minimum atomic E-state index is 0.768. The lowest BCUT2D eigenvalue weighted by atomic mass is 9.92. The molecule has 0 atom stereocenters. The van der Waals surface area contributed by atoms with E-state index in [1.165, 1.54) is 0 Å². The van der Waals surface area contributed by atoms with Crippen LogP contribution in [-0.2, 0) is 0 Å². The zero-order chi connectivity index (χ0) is 46.2. The van der Waals surface area contributed by atoms with Gasteiger partial charge in [0.25, 0.3) is 0 Å². The molecule has 0 saturated carbocycles. The van der Waals surface area contributed by atoms with Crippen molar-refractivity contribution in [3.63, 3.8) is 0 Å². The minimum Gasteiger partial charge on any atom is -0.456 e. The molecule has 0 radical (unpaired) electrons. The third-order valence-electron chi connectivity index (χ3n) is 14.3. The highest BCUT2D eigenvalue weighted by Gasteiger charge is 2.27. The zero-order valence-corrected chi connectivity index (χ0v) is 37.6. The Morgan fingerprint density at radius 3 is 1.56 bits per heavy atom. The Bertz CT molecular complexity index is 4740. The van der Waals surface area contributed by atoms with Crippen LogP contribution in [0.1, 0.15) is 5.56 Å². The largest absolute Gasteiger partial charge is 0.456 e. The van der Waals surface area contributed by atoms with Crippen LogP contribution in [0.3, 0.4) is 0 Å². The van der Waals surface area contributed by atoms with E-state index >= 15 is 0 Å². The maximum absolute atomic E-state index is 6.79. The molecule has 0 saturated heterocycles. The second kappa shape index (κ2) is 14.5. The van der Waals surface area contributed by atoms with Crippen LogP contribution in [0.5, 0.6) is 0 Å². The van der Waals surface area contributed by atoms with Crippen molar-refractivity contribution in [1.29, 1.82) is 0 Å². The van der Waals surface area contributed by atoms with Crippen molar-refractivity contribution < 1.29 is 17.7 Å². The summed E-state index contributed by atoms with van der Waals surface area (Å²) in [5.74, 6) is 0. The van der Waals surface area contributed by atoms with Gasteiger partial charge in [-0.1, -0.05) is 141 Å². The van der Waals surface area contributed by atoms with E-state index in [1.54, 1.807) is 0 Å². The van der Waals surface area contributed by atoms with Crippen molar-refractivity contribution in [2.75, 3.05) is 9.80 Å². The summed E-state index contributed by atoms with van der Waals surface area (Å²) in [6.45, 7) is 9.71. The molecule has 0 aliphatic carbocycles. The topological polar surface area (TPSA) is 59.0 Å². The first-order valence-electron chi connectivity index (χ1n) is 23.4. The molecular weight excluding hydrogens is 861 g/mol. The molecule has 0 aliphatic heterocycles. The Labute approximate surface area is 399 Å². The molecular formula is C64H38N2O4. The number of benzene rings is 11. The minimum absolute atomic E-state index is 0.768. The number of hydrogen-bond donors (Lipinski definition) is 0. The van der Waals surface area contributed by atoms with Gasteiger partial charge in [-0.15, -0.1) is 0 Å². The molecule has 0 N–H and O–H groups in total. The molecule has 6 heteroatoms. The van der Waals surface area contributed by atoms with Gasteiger partial charge in [-0.05, 0) is 94.2 Å². The van der Waals surface area contributed by atoms with Crippen molar-refractivity contribution in [2.45, 2.75) is 0 Å². The number of nitrogens with zero attached hydrogens (tertiary/aromatic N) is 2. The SMILES string of the molecule is C=C(c1ccc2ccc(N(c3ccc4c(c3)oc3ccccc34)c3cccc4c3oc3ccccc34)c3ccc(=C)c1c23)N(c1ccc2oc3ccccc3c2c1)c1cccc2c1oc1ccccc12. The smallest absolute Gasteiger partial charge is 0.159 e. The predicted octanol–water partition coefficient (Wildman–Crippen LogP) is 18.0. The van der Waals surface area contributed by atoms with Crippen LogP contribution in [0.25, 0.3) is 122 Å². The molecule has 4 aromatic heterocycles. The van der Waals surface area contributed by atoms with E-state index in [2.05, 4.69) is 168 Å². The van der Waals surface area contributed by atoms with E-state index in [0.717, 1.165) is 154 Å². The number of para-hydroxylation sites is 6. The average Bonchev–Trinajstić information content (AvgIpc) is 4.18. The second-order valence-corrected chi connectivity index (χ2v) is 18.1. The summed E-state index contributed by atoms with van der Waals surface area (Å²) in [7, 11) is 0. The van der Waals surface area contributed by atoms with Crippen LogP contribution < -0.4 is 15.0 Å². The predicted molar refractivity (Wildman–Crippen MR) is 290 cm³/mol. The van der Waals surface area contributed by atoms with Gasteiger partial charge in [0.05, 0.1) is 22.7 Å². The van der Waals surface area contributed by atoms with Gasteiger partial charge in [-0.25, -0.2) is 0 Å². The molecule has 0 spiro atoms. The van der Waals surface area contributed by atoms with E-state index < -0.39 is 0 Å². The van der Waals surface area contributed by atoms with Crippen LogP contribution in [0.15, 0.2) is 231 Å². The third-order valence-corrected chi connectivity index (χ3v) is 14.3. The lowest BCUT2D eigenvalue weighted by molar-refractivity contribution is 0.667. The Hall–Kier alpha value is -9.52. The normalized spacial score (nSPS) is 12.1. The van der Waals surface area contributed by atoms with Crippen LogP contribution in [0.4, 0.5) is 28.4 Å². The van der Waals surface area contributed by atoms with Gasteiger partial charge < -0.3 is 27.5 Å². The summed E-state index contributed by atoms with van der Waals surface area (Å²) >= 11 is 0. The molecule has 0 bridgehead atoms. The van der Waals surface area contributed by atoms with Gasteiger partial charge in [0, 0.05) is 71.5 Å². The Morgan fingerprint density at radius 1 is 0.343 bits per heavy atom. The van der Waals surface area contributed by atoms with Crippen LogP contribution in [0, 0.1) is 0 Å². The number of rotatable bonds is 7. The molecule has 70 heavy (non-hydrogen) atoms. The molecule has 6 nitrogen and oxygen atoms in total. The molecule has 328 valence electrons. The zero-order valence-electron chi connectivity index (χ0n) is 37.6. The molecule has 15 rings (SSSR count). The van der Waals surface area contributed by atoms with E-state index in [1.807, 2.05) is 48.5 Å². The van der Waals surface area contributed by atoms with Gasteiger partial charge in [0.2, 0.25) is 0 Å². The highest BCUT2D eigenvalue weighted by molar-refractivity contribution is 6.21. The maximum atomic E-state index is 6.79. The molecule has 0 aliphatic rings. The van der Waals surface area contributed by atoms with Crippen molar-refractivity contribution in [1.82, 2.24) is 0 Å². The van der Waals surface area contributed by atoms with Gasteiger partial charge in [-0.3, -0.25) is 0 Å². The van der Waals surface area contributed by atoms with Crippen LogP contribution >= 0.6 is 0 Å². The van der Waals surface area contributed by atoms with E-state index in [4.69, 9.17) is 30.8 Å². The first-order valence-corrected chi connectivity index (χ1v) is 23.4. The Balaban J connectivity index is 0.978. The van der Waals surface area contributed by atoms with Crippen LogP contribution in [0.2, 0.25) is 0 Å². The number of furan rings is 4. The van der Waals surface area contributed by atoms with Crippen molar-refractivity contribution in [3.8, 4) is 0 Å². The third kappa shape index (κ3) is 5.50. The number of hydrogen-bond acceptors (Lipinski definition) is 6. The summed E-state index contributed by atoms with van der Waals surface area (Å²) < 4.78 is 26.4. The highest BCUT2D eigenvalue weighted by atomic mass is 16.3. The Morgan fingerprint density at radius 2 is 0.857 bits per heavy atom. The van der Waals surface area contributed by atoms with Crippen molar-refractivity contribution in [3.05, 3.63) is 224 Å². The summed E-state index contributed by atoms with van der Waals surface area (Å²) in [5, 5.41) is 13.5. The lowest BCUT2D eigenvalue weighted by Crippen LogP contribution is -2.17. The molecule has 0 amide bonds.